The highest BCUT2D eigenvalue weighted by molar-refractivity contribution is 6.28. The van der Waals surface area contributed by atoms with Gasteiger partial charge in [-0.2, -0.15) is 0 Å². The minimum absolute atomic E-state index is 0.103. The molecule has 0 saturated heterocycles. The van der Waals surface area contributed by atoms with Crippen molar-refractivity contribution in [3.05, 3.63) is 157 Å². The number of hydrogen-bond donors (Lipinski definition) is 0. The quantitative estimate of drug-likeness (QED) is 0.184. The molecular formula is C45H30O. The van der Waals surface area contributed by atoms with Crippen LogP contribution < -0.4 is 0 Å². The van der Waals surface area contributed by atoms with E-state index in [9.17, 15) is 0 Å². The second-order valence-electron chi connectivity index (χ2n) is 13.2. The Bertz CT molecular complexity index is 2660. The van der Waals surface area contributed by atoms with Gasteiger partial charge in [-0.1, -0.05) is 141 Å². The molecule has 0 N–H and O–H groups in total. The van der Waals surface area contributed by atoms with Crippen molar-refractivity contribution in [1.82, 2.24) is 0 Å². The Morgan fingerprint density at radius 3 is 1.67 bits per heavy atom. The molecule has 0 atom stereocenters. The van der Waals surface area contributed by atoms with Gasteiger partial charge in [0.25, 0.3) is 0 Å². The third kappa shape index (κ3) is 3.30. The lowest BCUT2D eigenvalue weighted by atomic mass is 9.78. The molecule has 8 aromatic carbocycles. The van der Waals surface area contributed by atoms with Crippen LogP contribution in [0, 0.1) is 0 Å². The Kier molecular flexibility index (Phi) is 5.12. The standard InChI is InChI=1S/C45H30O/c1-45(2)36-23-11-9-20-33(36)43-37(45)26-27-14-3-4-15-28(27)44(43)42-31-18-7-5-16-29(31)40(30-17-6-8-19-32(30)42)35-22-13-25-39-41(35)34-21-10-12-24-38(34)46-39/h3-26H,1-2H3. The molecule has 10 rings (SSSR count). The number of para-hydroxylation sites is 1. The smallest absolute Gasteiger partial charge is 0.136 e. The fourth-order valence-corrected chi connectivity index (χ4v) is 8.44. The molecule has 0 spiro atoms. The third-order valence-electron chi connectivity index (χ3n) is 10.4. The van der Waals surface area contributed by atoms with E-state index in [0.29, 0.717) is 0 Å². The molecule has 1 aliphatic rings. The third-order valence-corrected chi connectivity index (χ3v) is 10.4. The second-order valence-corrected chi connectivity index (χ2v) is 13.2. The number of furan rings is 1. The topological polar surface area (TPSA) is 13.1 Å². The molecule has 0 fully saturated rings. The summed E-state index contributed by atoms with van der Waals surface area (Å²) in [5, 5.41) is 9.92. The lowest BCUT2D eigenvalue weighted by molar-refractivity contribution is 0.661. The number of benzene rings is 8. The minimum atomic E-state index is -0.103. The number of fused-ring (bicyclic) bond motifs is 9. The summed E-state index contributed by atoms with van der Waals surface area (Å²) < 4.78 is 6.38. The SMILES string of the molecule is CC1(C)c2ccccc2-c2c1cc1ccccc1c2-c1c2ccccc2c(-c2cccc3oc4ccccc4c23)c2ccccc12. The Morgan fingerprint density at radius 1 is 0.391 bits per heavy atom. The van der Waals surface area contributed by atoms with Crippen molar-refractivity contribution in [2.45, 2.75) is 19.3 Å². The first-order valence-corrected chi connectivity index (χ1v) is 16.1. The Labute approximate surface area is 267 Å². The molecule has 0 aliphatic heterocycles. The molecule has 9 aromatic rings. The van der Waals surface area contributed by atoms with Crippen molar-refractivity contribution in [3.8, 4) is 33.4 Å². The van der Waals surface area contributed by atoms with E-state index in [1.54, 1.807) is 0 Å². The van der Waals surface area contributed by atoms with Crippen LogP contribution in [0.1, 0.15) is 25.0 Å². The van der Waals surface area contributed by atoms with Crippen molar-refractivity contribution in [3.63, 3.8) is 0 Å². The van der Waals surface area contributed by atoms with E-state index in [-0.39, 0.29) is 5.41 Å². The average Bonchev–Trinajstić information content (AvgIpc) is 3.59. The molecule has 0 bridgehead atoms. The highest BCUT2D eigenvalue weighted by Gasteiger charge is 2.38. The molecule has 1 aliphatic carbocycles. The maximum absolute atomic E-state index is 6.38. The van der Waals surface area contributed by atoms with Crippen molar-refractivity contribution >= 4 is 54.3 Å². The molecule has 1 nitrogen and oxygen atoms in total. The highest BCUT2D eigenvalue weighted by atomic mass is 16.3. The Balaban J connectivity index is 1.43. The van der Waals surface area contributed by atoms with E-state index in [1.807, 2.05) is 6.07 Å². The summed E-state index contributed by atoms with van der Waals surface area (Å²) in [6.07, 6.45) is 0. The van der Waals surface area contributed by atoms with Crippen LogP contribution >= 0.6 is 0 Å². The van der Waals surface area contributed by atoms with Crippen LogP contribution in [0.2, 0.25) is 0 Å². The van der Waals surface area contributed by atoms with Crippen LogP contribution in [0.25, 0.3) is 87.6 Å². The number of rotatable bonds is 2. The van der Waals surface area contributed by atoms with Crippen molar-refractivity contribution in [2.24, 2.45) is 0 Å². The highest BCUT2D eigenvalue weighted by Crippen LogP contribution is 2.57. The first kappa shape index (κ1) is 25.6. The van der Waals surface area contributed by atoms with Crippen LogP contribution in [-0.4, -0.2) is 0 Å². The van der Waals surface area contributed by atoms with Gasteiger partial charge in [0, 0.05) is 16.2 Å². The minimum Gasteiger partial charge on any atom is -0.456 e. The maximum atomic E-state index is 6.38. The maximum Gasteiger partial charge on any atom is 0.136 e. The van der Waals surface area contributed by atoms with Gasteiger partial charge in [0.1, 0.15) is 11.2 Å². The van der Waals surface area contributed by atoms with Gasteiger partial charge in [0.05, 0.1) is 0 Å². The lowest BCUT2D eigenvalue weighted by Crippen LogP contribution is -2.15. The Morgan fingerprint density at radius 2 is 0.935 bits per heavy atom. The normalized spacial score (nSPS) is 13.6. The summed E-state index contributed by atoms with van der Waals surface area (Å²) in [7, 11) is 0. The summed E-state index contributed by atoms with van der Waals surface area (Å²) in [5.74, 6) is 0. The molecule has 0 radical (unpaired) electrons. The van der Waals surface area contributed by atoms with Crippen molar-refractivity contribution < 1.29 is 4.42 Å². The van der Waals surface area contributed by atoms with E-state index in [1.165, 1.54) is 82.2 Å². The summed E-state index contributed by atoms with van der Waals surface area (Å²) in [5.41, 5.74) is 12.3. The van der Waals surface area contributed by atoms with E-state index in [0.717, 1.165) is 16.6 Å². The molecule has 1 heteroatoms. The van der Waals surface area contributed by atoms with Gasteiger partial charge in [-0.3, -0.25) is 0 Å². The molecule has 46 heavy (non-hydrogen) atoms. The molecule has 1 aromatic heterocycles. The van der Waals surface area contributed by atoms with E-state index >= 15 is 0 Å². The average molecular weight is 587 g/mol. The Hall–Kier alpha value is -5.66. The summed E-state index contributed by atoms with van der Waals surface area (Å²) in [4.78, 5) is 0. The molecule has 0 amide bonds. The predicted molar refractivity (Wildman–Crippen MR) is 195 cm³/mol. The van der Waals surface area contributed by atoms with Crippen LogP contribution in [0.5, 0.6) is 0 Å². The summed E-state index contributed by atoms with van der Waals surface area (Å²) in [6.45, 7) is 4.76. The summed E-state index contributed by atoms with van der Waals surface area (Å²) >= 11 is 0. The predicted octanol–water partition coefficient (Wildman–Crippen LogP) is 12.7. The zero-order valence-corrected chi connectivity index (χ0v) is 25.8. The molecular weight excluding hydrogens is 556 g/mol. The van der Waals surface area contributed by atoms with Gasteiger partial charge >= 0.3 is 0 Å². The van der Waals surface area contributed by atoms with Crippen LogP contribution in [-0.2, 0) is 5.41 Å². The molecule has 0 unspecified atom stereocenters. The van der Waals surface area contributed by atoms with Crippen molar-refractivity contribution in [2.75, 3.05) is 0 Å². The van der Waals surface area contributed by atoms with E-state index < -0.39 is 0 Å². The molecule has 216 valence electrons. The first-order valence-electron chi connectivity index (χ1n) is 16.1. The largest absolute Gasteiger partial charge is 0.456 e. The van der Waals surface area contributed by atoms with Gasteiger partial charge in [-0.25, -0.2) is 0 Å². The van der Waals surface area contributed by atoms with Gasteiger partial charge < -0.3 is 4.42 Å². The van der Waals surface area contributed by atoms with E-state index in [4.69, 9.17) is 4.42 Å². The van der Waals surface area contributed by atoms with Crippen LogP contribution in [0.3, 0.4) is 0 Å². The zero-order chi connectivity index (χ0) is 30.6. The lowest BCUT2D eigenvalue weighted by Gasteiger charge is -2.24. The second kappa shape index (κ2) is 9.19. The molecule has 0 saturated carbocycles. The summed E-state index contributed by atoms with van der Waals surface area (Å²) in [6, 6.07) is 53.4. The molecule has 1 heterocycles. The zero-order valence-electron chi connectivity index (χ0n) is 25.8. The van der Waals surface area contributed by atoms with Gasteiger partial charge in [-0.05, 0) is 95.0 Å². The van der Waals surface area contributed by atoms with Crippen LogP contribution in [0.15, 0.2) is 150 Å². The van der Waals surface area contributed by atoms with Crippen LogP contribution in [0.4, 0.5) is 0 Å². The van der Waals surface area contributed by atoms with Crippen molar-refractivity contribution in [1.29, 1.82) is 0 Å². The van der Waals surface area contributed by atoms with Gasteiger partial charge in [0.15, 0.2) is 0 Å². The first-order chi connectivity index (χ1) is 22.6. The monoisotopic (exact) mass is 586 g/mol. The van der Waals surface area contributed by atoms with E-state index in [2.05, 4.69) is 153 Å². The van der Waals surface area contributed by atoms with Gasteiger partial charge in [-0.15, -0.1) is 0 Å². The fourth-order valence-electron chi connectivity index (χ4n) is 8.44. The fraction of sp³-hybridized carbons (Fsp3) is 0.0667. The van der Waals surface area contributed by atoms with Gasteiger partial charge in [0.2, 0.25) is 0 Å². The number of hydrogen-bond acceptors (Lipinski definition) is 1.